The molecule has 1 aliphatic rings. The Balaban J connectivity index is 1.85. The largest absolute Gasteiger partial charge is 0.337 e. The fraction of sp³-hybridized carbons (Fsp3) is 0.533. The number of hydrogen-bond acceptors (Lipinski definition) is 2. The van der Waals surface area contributed by atoms with E-state index in [0.29, 0.717) is 12.5 Å². The molecule has 1 aromatic carbocycles. The van der Waals surface area contributed by atoms with Crippen molar-refractivity contribution in [3.05, 3.63) is 35.4 Å². The molecule has 18 heavy (non-hydrogen) atoms. The highest BCUT2D eigenvalue weighted by Gasteiger charge is 2.22. The molecule has 2 rings (SSSR count). The molecule has 1 aromatic rings. The lowest BCUT2D eigenvalue weighted by atomic mass is 10.1. The molecule has 0 spiro atoms. The molecule has 1 aliphatic heterocycles. The van der Waals surface area contributed by atoms with E-state index < -0.39 is 0 Å². The van der Waals surface area contributed by atoms with Crippen molar-refractivity contribution in [1.82, 2.24) is 10.2 Å². The Morgan fingerprint density at radius 1 is 1.39 bits per heavy atom. The van der Waals surface area contributed by atoms with Crippen molar-refractivity contribution in [2.45, 2.75) is 32.7 Å². The first-order valence-electron chi connectivity index (χ1n) is 6.72. The summed E-state index contributed by atoms with van der Waals surface area (Å²) in [6.45, 7) is 6.86. The van der Waals surface area contributed by atoms with E-state index in [4.69, 9.17) is 0 Å². The molecule has 1 amide bonds. The third-order valence-electron chi connectivity index (χ3n) is 3.57. The van der Waals surface area contributed by atoms with Crippen LogP contribution in [0.25, 0.3) is 0 Å². The minimum Gasteiger partial charge on any atom is -0.337 e. The van der Waals surface area contributed by atoms with Crippen LogP contribution in [0.3, 0.4) is 0 Å². The molecule has 0 bridgehead atoms. The molecular weight excluding hydrogens is 224 g/mol. The molecule has 1 fully saturated rings. The van der Waals surface area contributed by atoms with Gasteiger partial charge in [-0.1, -0.05) is 29.8 Å². The van der Waals surface area contributed by atoms with Crippen LogP contribution in [0.1, 0.15) is 24.5 Å². The second-order valence-corrected chi connectivity index (χ2v) is 5.13. The first-order valence-corrected chi connectivity index (χ1v) is 6.72. The number of amides is 1. The fourth-order valence-corrected chi connectivity index (χ4v) is 2.36. The van der Waals surface area contributed by atoms with Crippen molar-refractivity contribution in [1.29, 1.82) is 0 Å². The minimum absolute atomic E-state index is 0.282. The zero-order valence-electron chi connectivity index (χ0n) is 11.3. The van der Waals surface area contributed by atoms with Crippen LogP contribution in [0.15, 0.2) is 24.3 Å². The number of benzene rings is 1. The normalized spacial score (nSPS) is 19.9. The summed E-state index contributed by atoms with van der Waals surface area (Å²) in [5.41, 5.74) is 2.51. The van der Waals surface area contributed by atoms with Gasteiger partial charge in [-0.2, -0.15) is 0 Å². The van der Waals surface area contributed by atoms with Crippen molar-refractivity contribution in [2.24, 2.45) is 0 Å². The Morgan fingerprint density at radius 2 is 2.11 bits per heavy atom. The molecule has 3 nitrogen and oxygen atoms in total. The van der Waals surface area contributed by atoms with Gasteiger partial charge in [0.15, 0.2) is 0 Å². The Bertz CT molecular complexity index is 399. The summed E-state index contributed by atoms with van der Waals surface area (Å²) < 4.78 is 0. The lowest BCUT2D eigenvalue weighted by Crippen LogP contribution is -2.52. The van der Waals surface area contributed by atoms with Crippen LogP contribution in [-0.2, 0) is 11.2 Å². The van der Waals surface area contributed by atoms with Gasteiger partial charge in [0.2, 0.25) is 5.91 Å². The van der Waals surface area contributed by atoms with Crippen LogP contribution in [-0.4, -0.2) is 36.5 Å². The number of rotatable bonds is 3. The molecule has 1 saturated heterocycles. The third-order valence-corrected chi connectivity index (χ3v) is 3.57. The standard InChI is InChI=1S/C15H22N2O/c1-12-3-5-14(6-4-12)7-8-15(18)17-10-9-16-11-13(17)2/h3-6,13,16H,7-11H2,1-2H3/t13-/m0/s1. The van der Waals surface area contributed by atoms with Crippen LogP contribution >= 0.6 is 0 Å². The van der Waals surface area contributed by atoms with Crippen LogP contribution in [0.5, 0.6) is 0 Å². The van der Waals surface area contributed by atoms with Gasteiger partial charge < -0.3 is 10.2 Å². The lowest BCUT2D eigenvalue weighted by Gasteiger charge is -2.34. The van der Waals surface area contributed by atoms with Gasteiger partial charge in [-0.25, -0.2) is 0 Å². The Kier molecular flexibility index (Phi) is 4.37. The van der Waals surface area contributed by atoms with Crippen LogP contribution < -0.4 is 5.32 Å². The smallest absolute Gasteiger partial charge is 0.223 e. The second kappa shape index (κ2) is 6.01. The summed E-state index contributed by atoms with van der Waals surface area (Å²) >= 11 is 0. The number of carbonyl (C=O) groups is 1. The van der Waals surface area contributed by atoms with Crippen molar-refractivity contribution in [2.75, 3.05) is 19.6 Å². The maximum atomic E-state index is 12.1. The van der Waals surface area contributed by atoms with E-state index >= 15 is 0 Å². The number of carbonyl (C=O) groups excluding carboxylic acids is 1. The first kappa shape index (κ1) is 13.1. The number of nitrogens with one attached hydrogen (secondary N) is 1. The zero-order chi connectivity index (χ0) is 13.0. The van der Waals surface area contributed by atoms with Crippen molar-refractivity contribution < 1.29 is 4.79 Å². The average molecular weight is 246 g/mol. The Labute approximate surface area is 109 Å². The summed E-state index contributed by atoms with van der Waals surface area (Å²) in [6.07, 6.45) is 1.46. The quantitative estimate of drug-likeness (QED) is 0.881. The molecule has 1 N–H and O–H groups in total. The first-order chi connectivity index (χ1) is 8.66. The third kappa shape index (κ3) is 3.33. The average Bonchev–Trinajstić information content (AvgIpc) is 2.38. The van der Waals surface area contributed by atoms with Crippen LogP contribution in [0, 0.1) is 6.92 Å². The number of aryl methyl sites for hydroxylation is 2. The lowest BCUT2D eigenvalue weighted by molar-refractivity contribution is -0.133. The molecule has 1 heterocycles. The fourth-order valence-electron chi connectivity index (χ4n) is 2.36. The van der Waals surface area contributed by atoms with E-state index in [0.717, 1.165) is 26.1 Å². The molecule has 0 aliphatic carbocycles. The highest BCUT2D eigenvalue weighted by molar-refractivity contribution is 5.77. The second-order valence-electron chi connectivity index (χ2n) is 5.13. The number of hydrogen-bond donors (Lipinski definition) is 1. The molecule has 0 aromatic heterocycles. The molecule has 1 atom stereocenters. The van der Waals surface area contributed by atoms with E-state index in [1.165, 1.54) is 11.1 Å². The highest BCUT2D eigenvalue weighted by Crippen LogP contribution is 2.10. The monoisotopic (exact) mass is 246 g/mol. The van der Waals surface area contributed by atoms with Gasteiger partial charge in [-0.3, -0.25) is 4.79 Å². The van der Waals surface area contributed by atoms with E-state index in [-0.39, 0.29) is 5.91 Å². The summed E-state index contributed by atoms with van der Waals surface area (Å²) in [6, 6.07) is 8.76. The molecular formula is C15H22N2O. The summed E-state index contributed by atoms with van der Waals surface area (Å²) in [5, 5.41) is 3.31. The predicted molar refractivity (Wildman–Crippen MR) is 73.5 cm³/mol. The maximum Gasteiger partial charge on any atom is 0.223 e. The van der Waals surface area contributed by atoms with E-state index in [1.807, 2.05) is 4.90 Å². The van der Waals surface area contributed by atoms with Gasteiger partial charge in [0, 0.05) is 32.1 Å². The van der Waals surface area contributed by atoms with E-state index in [2.05, 4.69) is 43.4 Å². The summed E-state index contributed by atoms with van der Waals surface area (Å²) in [4.78, 5) is 14.2. The van der Waals surface area contributed by atoms with E-state index in [9.17, 15) is 4.79 Å². The van der Waals surface area contributed by atoms with E-state index in [1.54, 1.807) is 0 Å². The van der Waals surface area contributed by atoms with Gasteiger partial charge in [-0.05, 0) is 25.8 Å². The number of piperazine rings is 1. The van der Waals surface area contributed by atoms with Gasteiger partial charge in [0.25, 0.3) is 0 Å². The molecule has 0 radical (unpaired) electrons. The van der Waals surface area contributed by atoms with Gasteiger partial charge in [-0.15, -0.1) is 0 Å². The molecule has 98 valence electrons. The predicted octanol–water partition coefficient (Wildman–Crippen LogP) is 1.75. The molecule has 3 heteroatoms. The van der Waals surface area contributed by atoms with Crippen molar-refractivity contribution in [3.63, 3.8) is 0 Å². The van der Waals surface area contributed by atoms with Crippen LogP contribution in [0.4, 0.5) is 0 Å². The maximum absolute atomic E-state index is 12.1. The Hall–Kier alpha value is -1.35. The van der Waals surface area contributed by atoms with Crippen molar-refractivity contribution in [3.8, 4) is 0 Å². The molecule has 0 unspecified atom stereocenters. The summed E-state index contributed by atoms with van der Waals surface area (Å²) in [7, 11) is 0. The highest BCUT2D eigenvalue weighted by atomic mass is 16.2. The van der Waals surface area contributed by atoms with Gasteiger partial charge >= 0.3 is 0 Å². The minimum atomic E-state index is 0.282. The molecule has 0 saturated carbocycles. The van der Waals surface area contributed by atoms with Crippen LogP contribution in [0.2, 0.25) is 0 Å². The van der Waals surface area contributed by atoms with Crippen molar-refractivity contribution >= 4 is 5.91 Å². The van der Waals surface area contributed by atoms with Gasteiger partial charge in [0.05, 0.1) is 0 Å². The summed E-state index contributed by atoms with van der Waals surface area (Å²) in [5.74, 6) is 0.282. The zero-order valence-corrected chi connectivity index (χ0v) is 11.3. The Morgan fingerprint density at radius 3 is 2.78 bits per heavy atom. The topological polar surface area (TPSA) is 32.3 Å². The SMILES string of the molecule is Cc1ccc(CCC(=O)N2CCNC[C@@H]2C)cc1. The number of nitrogens with zero attached hydrogens (tertiary/aromatic N) is 1. The van der Waals surface area contributed by atoms with Gasteiger partial charge in [0.1, 0.15) is 0 Å².